The Labute approximate surface area is 124 Å². The van der Waals surface area contributed by atoms with Gasteiger partial charge in [0.05, 0.1) is 11.8 Å². The topological polar surface area (TPSA) is 53.1 Å². The fourth-order valence-electron chi connectivity index (χ4n) is 2.38. The molecule has 0 amide bonds. The van der Waals surface area contributed by atoms with Gasteiger partial charge in [-0.05, 0) is 30.7 Å². The van der Waals surface area contributed by atoms with Crippen molar-refractivity contribution in [2.24, 2.45) is 5.73 Å². The molecule has 0 aliphatic heterocycles. The lowest BCUT2D eigenvalue weighted by Gasteiger charge is -2.28. The van der Waals surface area contributed by atoms with Crippen molar-refractivity contribution in [2.45, 2.75) is 12.8 Å². The third-order valence-electron chi connectivity index (χ3n) is 3.54. The van der Waals surface area contributed by atoms with Gasteiger partial charge < -0.3 is 10.6 Å². The summed E-state index contributed by atoms with van der Waals surface area (Å²) in [5, 5.41) is 7.84. The molecule has 3 N–H and O–H groups in total. The molecule has 0 saturated carbocycles. The number of hydrogen-bond donors (Lipinski definition) is 2. The Balaban J connectivity index is 2.24. The minimum absolute atomic E-state index is 0.121. The Morgan fingerprint density at radius 3 is 2.48 bits per heavy atom. The number of hydrogen-bond acceptors (Lipinski definition) is 2. The maximum atomic E-state index is 13.4. The summed E-state index contributed by atoms with van der Waals surface area (Å²) < 4.78 is 13.4. The molecule has 0 saturated heterocycles. The molecule has 0 aliphatic carbocycles. The summed E-state index contributed by atoms with van der Waals surface area (Å²) in [6.07, 6.45) is 0. The minimum atomic E-state index is -0.259. The summed E-state index contributed by atoms with van der Waals surface area (Å²) in [6.45, 7) is 3.28. The van der Waals surface area contributed by atoms with Gasteiger partial charge in [-0.15, -0.1) is 0 Å². The molecule has 2 aromatic rings. The molecule has 0 heterocycles. The SMILES string of the molecule is CCN(CC(C(=N)N)c1ccccc1)c1cccc(F)c1. The lowest BCUT2D eigenvalue weighted by molar-refractivity contribution is 0.626. The highest BCUT2D eigenvalue weighted by Gasteiger charge is 2.18. The standard InChI is InChI=1S/C17H20FN3/c1-2-21(15-10-6-9-14(18)11-15)12-16(17(19)20)13-7-4-3-5-8-13/h3-11,16H,2,12H2,1H3,(H3,19,20). The molecule has 3 nitrogen and oxygen atoms in total. The van der Waals surface area contributed by atoms with Crippen molar-refractivity contribution in [1.82, 2.24) is 0 Å². The van der Waals surface area contributed by atoms with Crippen LogP contribution in [0.5, 0.6) is 0 Å². The maximum absolute atomic E-state index is 13.4. The fraction of sp³-hybridized carbons (Fsp3) is 0.235. The van der Waals surface area contributed by atoms with Crippen molar-refractivity contribution in [2.75, 3.05) is 18.0 Å². The van der Waals surface area contributed by atoms with E-state index < -0.39 is 0 Å². The molecule has 0 aromatic heterocycles. The van der Waals surface area contributed by atoms with Gasteiger partial charge in [0, 0.05) is 18.8 Å². The van der Waals surface area contributed by atoms with Crippen molar-refractivity contribution in [1.29, 1.82) is 5.41 Å². The second-order valence-electron chi connectivity index (χ2n) is 4.94. The zero-order valence-electron chi connectivity index (χ0n) is 12.1. The molecule has 0 aliphatic rings. The summed E-state index contributed by atoms with van der Waals surface area (Å²) in [5.74, 6) is -0.337. The second kappa shape index (κ2) is 6.88. The van der Waals surface area contributed by atoms with Gasteiger partial charge in [-0.2, -0.15) is 0 Å². The molecule has 1 atom stereocenters. The van der Waals surface area contributed by atoms with Crippen LogP contribution in [0.3, 0.4) is 0 Å². The number of halogens is 1. The Kier molecular flexibility index (Phi) is 4.93. The number of nitrogens with one attached hydrogen (secondary N) is 1. The highest BCUT2D eigenvalue weighted by molar-refractivity contribution is 5.85. The average Bonchev–Trinajstić information content (AvgIpc) is 2.49. The molecule has 2 rings (SSSR count). The van der Waals surface area contributed by atoms with Crippen molar-refractivity contribution < 1.29 is 4.39 Å². The molecule has 110 valence electrons. The van der Waals surface area contributed by atoms with E-state index in [1.165, 1.54) is 12.1 Å². The van der Waals surface area contributed by atoms with E-state index in [2.05, 4.69) is 0 Å². The van der Waals surface area contributed by atoms with Gasteiger partial charge in [-0.1, -0.05) is 36.4 Å². The van der Waals surface area contributed by atoms with E-state index in [1.807, 2.05) is 48.2 Å². The molecular weight excluding hydrogens is 265 g/mol. The predicted molar refractivity (Wildman–Crippen MR) is 85.4 cm³/mol. The van der Waals surface area contributed by atoms with Crippen LogP contribution in [0, 0.1) is 11.2 Å². The van der Waals surface area contributed by atoms with Gasteiger partial charge in [0.2, 0.25) is 0 Å². The van der Waals surface area contributed by atoms with E-state index in [4.69, 9.17) is 11.1 Å². The molecule has 4 heteroatoms. The van der Waals surface area contributed by atoms with E-state index >= 15 is 0 Å². The first-order chi connectivity index (χ1) is 10.1. The number of likely N-dealkylation sites (N-methyl/N-ethyl adjacent to an activating group) is 1. The predicted octanol–water partition coefficient (Wildman–Crippen LogP) is 3.37. The van der Waals surface area contributed by atoms with Crippen LogP contribution in [-0.2, 0) is 0 Å². The molecule has 0 spiro atoms. The third-order valence-corrected chi connectivity index (χ3v) is 3.54. The van der Waals surface area contributed by atoms with Crippen molar-refractivity contribution >= 4 is 11.5 Å². The third kappa shape index (κ3) is 3.81. The number of rotatable bonds is 6. The molecule has 1 unspecified atom stereocenters. The summed E-state index contributed by atoms with van der Waals surface area (Å²) in [7, 11) is 0. The van der Waals surface area contributed by atoms with E-state index in [-0.39, 0.29) is 17.6 Å². The molecule has 0 fully saturated rings. The van der Waals surface area contributed by atoms with E-state index in [9.17, 15) is 4.39 Å². The number of nitrogens with zero attached hydrogens (tertiary/aromatic N) is 1. The Morgan fingerprint density at radius 2 is 1.90 bits per heavy atom. The molecule has 0 bridgehead atoms. The number of amidine groups is 1. The maximum Gasteiger partial charge on any atom is 0.125 e. The minimum Gasteiger partial charge on any atom is -0.387 e. The smallest absolute Gasteiger partial charge is 0.125 e. The fourth-order valence-corrected chi connectivity index (χ4v) is 2.38. The lowest BCUT2D eigenvalue weighted by atomic mass is 9.97. The van der Waals surface area contributed by atoms with E-state index in [1.54, 1.807) is 6.07 Å². The van der Waals surface area contributed by atoms with Crippen molar-refractivity contribution in [3.05, 3.63) is 66.0 Å². The molecule has 21 heavy (non-hydrogen) atoms. The highest BCUT2D eigenvalue weighted by atomic mass is 19.1. The van der Waals surface area contributed by atoms with Crippen molar-refractivity contribution in [3.8, 4) is 0 Å². The van der Waals surface area contributed by atoms with Crippen LogP contribution in [0.15, 0.2) is 54.6 Å². The number of benzene rings is 2. The van der Waals surface area contributed by atoms with Crippen LogP contribution in [0.4, 0.5) is 10.1 Å². The molecule has 2 aromatic carbocycles. The first-order valence-corrected chi connectivity index (χ1v) is 7.01. The zero-order chi connectivity index (χ0) is 15.2. The van der Waals surface area contributed by atoms with E-state index in [0.29, 0.717) is 6.54 Å². The largest absolute Gasteiger partial charge is 0.387 e. The summed E-state index contributed by atoms with van der Waals surface area (Å²) in [5.41, 5.74) is 7.57. The first kappa shape index (κ1) is 15.0. The monoisotopic (exact) mass is 285 g/mol. The van der Waals surface area contributed by atoms with Crippen LogP contribution < -0.4 is 10.6 Å². The highest BCUT2D eigenvalue weighted by Crippen LogP contribution is 2.22. The summed E-state index contributed by atoms with van der Waals surface area (Å²) >= 11 is 0. The van der Waals surface area contributed by atoms with Gasteiger partial charge in [0.25, 0.3) is 0 Å². The quantitative estimate of drug-likeness (QED) is 0.631. The Hall–Kier alpha value is -2.36. The number of nitrogens with two attached hydrogens (primary N) is 1. The normalized spacial score (nSPS) is 11.9. The van der Waals surface area contributed by atoms with Crippen LogP contribution in [0.2, 0.25) is 0 Å². The Bertz CT molecular complexity index is 598. The molecule has 0 radical (unpaired) electrons. The van der Waals surface area contributed by atoms with Gasteiger partial charge in [0.15, 0.2) is 0 Å². The number of anilines is 1. The zero-order valence-corrected chi connectivity index (χ0v) is 12.1. The average molecular weight is 285 g/mol. The second-order valence-corrected chi connectivity index (χ2v) is 4.94. The lowest BCUT2D eigenvalue weighted by Crippen LogP contribution is -2.34. The van der Waals surface area contributed by atoms with Gasteiger partial charge >= 0.3 is 0 Å². The van der Waals surface area contributed by atoms with Crippen LogP contribution >= 0.6 is 0 Å². The van der Waals surface area contributed by atoms with Crippen LogP contribution in [0.25, 0.3) is 0 Å². The van der Waals surface area contributed by atoms with Gasteiger partial charge in [-0.3, -0.25) is 5.41 Å². The first-order valence-electron chi connectivity index (χ1n) is 7.01. The Morgan fingerprint density at radius 1 is 1.19 bits per heavy atom. The van der Waals surface area contributed by atoms with Crippen LogP contribution in [0.1, 0.15) is 18.4 Å². The molecular formula is C17H20FN3. The van der Waals surface area contributed by atoms with E-state index in [0.717, 1.165) is 17.8 Å². The van der Waals surface area contributed by atoms with Gasteiger partial charge in [0.1, 0.15) is 5.82 Å². The van der Waals surface area contributed by atoms with Crippen LogP contribution in [-0.4, -0.2) is 18.9 Å². The summed E-state index contributed by atoms with van der Waals surface area (Å²) in [6, 6.07) is 16.2. The van der Waals surface area contributed by atoms with Crippen molar-refractivity contribution in [3.63, 3.8) is 0 Å². The summed E-state index contributed by atoms with van der Waals surface area (Å²) in [4.78, 5) is 2.03. The van der Waals surface area contributed by atoms with Gasteiger partial charge in [-0.25, -0.2) is 4.39 Å².